The van der Waals surface area contributed by atoms with Gasteiger partial charge in [-0.05, 0) is 19.9 Å². The fourth-order valence-electron chi connectivity index (χ4n) is 0.938. The van der Waals surface area contributed by atoms with E-state index in [4.69, 9.17) is 21.1 Å². The van der Waals surface area contributed by atoms with Gasteiger partial charge in [-0.1, -0.05) is 11.6 Å². The topological polar surface area (TPSA) is 18.5 Å². The lowest BCUT2D eigenvalue weighted by Gasteiger charge is -2.07. The molecule has 1 rings (SSSR count). The molecule has 0 heterocycles. The largest absolute Gasteiger partial charge is 0.493 e. The minimum absolute atomic E-state index is 0.559. The highest BCUT2D eigenvalue weighted by Crippen LogP contribution is 2.28. The van der Waals surface area contributed by atoms with E-state index in [-0.39, 0.29) is 0 Å². The second-order valence-corrected chi connectivity index (χ2v) is 2.78. The van der Waals surface area contributed by atoms with Crippen molar-refractivity contribution in [2.45, 2.75) is 13.8 Å². The van der Waals surface area contributed by atoms with Crippen molar-refractivity contribution in [2.75, 3.05) is 13.2 Å². The summed E-state index contributed by atoms with van der Waals surface area (Å²) in [5, 5.41) is 0.559. The molecule has 1 aromatic carbocycles. The molecule has 0 amide bonds. The van der Waals surface area contributed by atoms with E-state index in [2.05, 4.69) is 6.07 Å². The smallest absolute Gasteiger partial charge is 0.138 e. The van der Waals surface area contributed by atoms with Crippen LogP contribution in [0.25, 0.3) is 0 Å². The Morgan fingerprint density at radius 3 is 2.54 bits per heavy atom. The number of benzene rings is 1. The van der Waals surface area contributed by atoms with Crippen LogP contribution < -0.4 is 9.47 Å². The van der Waals surface area contributed by atoms with Crippen molar-refractivity contribution >= 4 is 11.6 Å². The predicted molar refractivity (Wildman–Crippen MR) is 52.6 cm³/mol. The molecule has 0 atom stereocenters. The molecular formula is C10H12ClO2. The van der Waals surface area contributed by atoms with E-state index in [9.17, 15) is 0 Å². The Morgan fingerprint density at radius 2 is 2.00 bits per heavy atom. The quantitative estimate of drug-likeness (QED) is 0.743. The Hall–Kier alpha value is -0.890. The van der Waals surface area contributed by atoms with Crippen LogP contribution in [0.15, 0.2) is 12.1 Å². The van der Waals surface area contributed by atoms with Gasteiger partial charge >= 0.3 is 0 Å². The van der Waals surface area contributed by atoms with Crippen LogP contribution in [0.1, 0.15) is 13.8 Å². The number of ether oxygens (including phenoxy) is 2. The summed E-state index contributed by atoms with van der Waals surface area (Å²) < 4.78 is 10.5. The van der Waals surface area contributed by atoms with Crippen molar-refractivity contribution in [1.82, 2.24) is 0 Å². The third-order valence-corrected chi connectivity index (χ3v) is 1.73. The summed E-state index contributed by atoms with van der Waals surface area (Å²) in [5.41, 5.74) is 0. The van der Waals surface area contributed by atoms with Gasteiger partial charge in [0.25, 0.3) is 0 Å². The summed E-state index contributed by atoms with van der Waals surface area (Å²) in [5.74, 6) is 1.29. The molecule has 0 unspecified atom stereocenters. The zero-order valence-corrected chi connectivity index (χ0v) is 8.52. The lowest BCUT2D eigenvalue weighted by atomic mass is 10.3. The average Bonchev–Trinajstić information content (AvgIpc) is 2.10. The van der Waals surface area contributed by atoms with Gasteiger partial charge in [0.2, 0.25) is 0 Å². The van der Waals surface area contributed by atoms with Crippen LogP contribution >= 0.6 is 11.6 Å². The minimum Gasteiger partial charge on any atom is -0.493 e. The molecule has 0 aliphatic rings. The Kier molecular flexibility index (Phi) is 3.90. The standard InChI is InChI=1S/C10H12ClO2/c1-3-12-8-5-6-10(13-4-2)9(11)7-8/h6-7H,3-4H2,1-2H3. The lowest BCUT2D eigenvalue weighted by molar-refractivity contribution is 0.330. The molecule has 0 aliphatic carbocycles. The first-order valence-corrected chi connectivity index (χ1v) is 4.62. The van der Waals surface area contributed by atoms with Crippen LogP contribution in [0.4, 0.5) is 0 Å². The van der Waals surface area contributed by atoms with E-state index >= 15 is 0 Å². The molecule has 0 fully saturated rings. The molecule has 2 nitrogen and oxygen atoms in total. The van der Waals surface area contributed by atoms with Crippen molar-refractivity contribution in [3.8, 4) is 11.5 Å². The van der Waals surface area contributed by atoms with Gasteiger partial charge in [-0.2, -0.15) is 0 Å². The molecule has 13 heavy (non-hydrogen) atoms. The first-order valence-electron chi connectivity index (χ1n) is 4.24. The molecule has 0 bridgehead atoms. The summed E-state index contributed by atoms with van der Waals surface area (Å²) >= 11 is 5.92. The number of halogens is 1. The normalized spacial score (nSPS) is 9.77. The highest BCUT2D eigenvalue weighted by molar-refractivity contribution is 6.32. The fourth-order valence-corrected chi connectivity index (χ4v) is 1.15. The monoisotopic (exact) mass is 199 g/mol. The molecular weight excluding hydrogens is 188 g/mol. The molecule has 3 heteroatoms. The second kappa shape index (κ2) is 4.97. The first kappa shape index (κ1) is 10.2. The van der Waals surface area contributed by atoms with Crippen molar-refractivity contribution in [3.05, 3.63) is 23.2 Å². The van der Waals surface area contributed by atoms with E-state index < -0.39 is 0 Å². The van der Waals surface area contributed by atoms with E-state index in [0.29, 0.717) is 29.7 Å². The van der Waals surface area contributed by atoms with Crippen molar-refractivity contribution < 1.29 is 9.47 Å². The maximum Gasteiger partial charge on any atom is 0.138 e. The SMILES string of the molecule is CCOc1[c]cc(OCC)c(Cl)c1. The van der Waals surface area contributed by atoms with Crippen molar-refractivity contribution in [2.24, 2.45) is 0 Å². The van der Waals surface area contributed by atoms with Gasteiger partial charge < -0.3 is 9.47 Å². The summed E-state index contributed by atoms with van der Waals surface area (Å²) in [7, 11) is 0. The maximum atomic E-state index is 5.92. The van der Waals surface area contributed by atoms with Gasteiger partial charge in [0.15, 0.2) is 0 Å². The van der Waals surface area contributed by atoms with Gasteiger partial charge in [0.1, 0.15) is 11.5 Å². The Bertz CT molecular complexity index is 274. The lowest BCUT2D eigenvalue weighted by Crippen LogP contribution is -1.94. The van der Waals surface area contributed by atoms with E-state index in [0.717, 1.165) is 0 Å². The van der Waals surface area contributed by atoms with E-state index in [1.54, 1.807) is 12.1 Å². The number of hydrogen-bond acceptors (Lipinski definition) is 2. The van der Waals surface area contributed by atoms with Gasteiger partial charge in [-0.25, -0.2) is 0 Å². The zero-order valence-electron chi connectivity index (χ0n) is 7.76. The summed E-state index contributed by atoms with van der Waals surface area (Å²) in [6, 6.07) is 6.33. The summed E-state index contributed by atoms with van der Waals surface area (Å²) in [6.45, 7) is 5.04. The Labute approximate surface area is 83.4 Å². The molecule has 1 radical (unpaired) electrons. The van der Waals surface area contributed by atoms with Gasteiger partial charge in [-0.3, -0.25) is 0 Å². The molecule has 0 saturated heterocycles. The molecule has 71 valence electrons. The second-order valence-electron chi connectivity index (χ2n) is 2.38. The van der Waals surface area contributed by atoms with Gasteiger partial charge in [-0.15, -0.1) is 0 Å². The number of hydrogen-bond donors (Lipinski definition) is 0. The van der Waals surface area contributed by atoms with Gasteiger partial charge in [0, 0.05) is 12.1 Å². The van der Waals surface area contributed by atoms with Crippen LogP contribution in [0.5, 0.6) is 11.5 Å². The van der Waals surface area contributed by atoms with Gasteiger partial charge in [0.05, 0.1) is 18.2 Å². The Morgan fingerprint density at radius 1 is 1.31 bits per heavy atom. The van der Waals surface area contributed by atoms with E-state index in [1.165, 1.54) is 0 Å². The molecule has 0 aliphatic heterocycles. The zero-order chi connectivity index (χ0) is 9.68. The summed E-state index contributed by atoms with van der Waals surface area (Å²) in [6.07, 6.45) is 0. The first-order chi connectivity index (χ1) is 6.27. The van der Waals surface area contributed by atoms with Crippen LogP contribution in [-0.2, 0) is 0 Å². The molecule has 0 saturated carbocycles. The van der Waals surface area contributed by atoms with Crippen LogP contribution in [0.3, 0.4) is 0 Å². The minimum atomic E-state index is 0.559. The third-order valence-electron chi connectivity index (χ3n) is 1.44. The van der Waals surface area contributed by atoms with Crippen LogP contribution in [-0.4, -0.2) is 13.2 Å². The highest BCUT2D eigenvalue weighted by Gasteiger charge is 2.02. The average molecular weight is 200 g/mol. The van der Waals surface area contributed by atoms with Crippen LogP contribution in [0, 0.1) is 6.07 Å². The fraction of sp³-hybridized carbons (Fsp3) is 0.400. The maximum absolute atomic E-state index is 5.92. The van der Waals surface area contributed by atoms with Crippen LogP contribution in [0.2, 0.25) is 5.02 Å². The molecule has 0 spiro atoms. The third kappa shape index (κ3) is 2.81. The number of rotatable bonds is 4. The Balaban J connectivity index is 2.79. The predicted octanol–water partition coefficient (Wildman–Crippen LogP) is 2.94. The van der Waals surface area contributed by atoms with Crippen molar-refractivity contribution in [1.29, 1.82) is 0 Å². The molecule has 1 aromatic rings. The summed E-state index contributed by atoms with van der Waals surface area (Å²) in [4.78, 5) is 0. The van der Waals surface area contributed by atoms with Crippen molar-refractivity contribution in [3.63, 3.8) is 0 Å². The highest BCUT2D eigenvalue weighted by atomic mass is 35.5. The molecule has 0 N–H and O–H groups in total. The molecule has 0 aromatic heterocycles. The van der Waals surface area contributed by atoms with E-state index in [1.807, 2.05) is 13.8 Å².